The Morgan fingerprint density at radius 1 is 0.260 bits per heavy atom. The van der Waals surface area contributed by atoms with Crippen LogP contribution in [0.3, 0.4) is 0 Å². The summed E-state index contributed by atoms with van der Waals surface area (Å²) >= 11 is 0. The number of para-hydroxylation sites is 3. The smallest absolute Gasteiger partial charge is 0.0541 e. The molecule has 0 aliphatic rings. The Kier molecular flexibility index (Phi) is 7.53. The van der Waals surface area contributed by atoms with Crippen molar-refractivity contribution in [2.45, 2.75) is 0 Å². The average Bonchev–Trinajstić information content (AvgIpc) is 3.54. The van der Waals surface area contributed by atoms with Crippen LogP contribution in [0.15, 0.2) is 206 Å². The average molecular weight is 639 g/mol. The van der Waals surface area contributed by atoms with Crippen molar-refractivity contribution in [3.63, 3.8) is 0 Å². The Morgan fingerprint density at radius 2 is 0.580 bits per heavy atom. The molecule has 0 bridgehead atoms. The van der Waals surface area contributed by atoms with Gasteiger partial charge in [0.25, 0.3) is 0 Å². The van der Waals surface area contributed by atoms with E-state index in [0.29, 0.717) is 0 Å². The Bertz CT molecular complexity index is 2480. The van der Waals surface area contributed by atoms with Crippen molar-refractivity contribution in [2.75, 3.05) is 4.90 Å². The van der Waals surface area contributed by atoms with Gasteiger partial charge in [-0.3, -0.25) is 0 Å². The molecule has 2 nitrogen and oxygen atoms in total. The van der Waals surface area contributed by atoms with Gasteiger partial charge in [0, 0.05) is 33.5 Å². The zero-order valence-electron chi connectivity index (χ0n) is 27.5. The lowest BCUT2D eigenvalue weighted by Gasteiger charge is -2.26. The van der Waals surface area contributed by atoms with Crippen LogP contribution in [0, 0.1) is 0 Å². The Morgan fingerprint density at radius 3 is 1.04 bits per heavy atom. The Labute approximate surface area is 292 Å². The fraction of sp³-hybridized carbons (Fsp3) is 0. The molecule has 8 aromatic carbocycles. The molecule has 0 fully saturated rings. The molecule has 1 heterocycles. The summed E-state index contributed by atoms with van der Waals surface area (Å²) in [5.41, 5.74) is 14.2. The van der Waals surface area contributed by atoms with Crippen molar-refractivity contribution < 1.29 is 0 Å². The summed E-state index contributed by atoms with van der Waals surface area (Å²) in [6.45, 7) is 0. The number of anilines is 3. The third kappa shape index (κ3) is 5.43. The second-order valence-electron chi connectivity index (χ2n) is 12.6. The number of hydrogen-bond acceptors (Lipinski definition) is 1. The minimum Gasteiger partial charge on any atom is -0.311 e. The summed E-state index contributed by atoms with van der Waals surface area (Å²) in [5, 5.41) is 2.55. The summed E-state index contributed by atoms with van der Waals surface area (Å²) in [5.74, 6) is 0. The first-order valence-electron chi connectivity index (χ1n) is 17.1. The molecule has 0 radical (unpaired) electrons. The molecular formula is C48H34N2. The fourth-order valence-corrected chi connectivity index (χ4v) is 7.12. The standard InChI is InChI=1S/C48H34N2/c1-3-11-35(12-4-1)36-19-21-37(22-20-36)38-23-29-42(30-24-38)49(41-13-5-2-6-14-41)43-31-25-39(26-32-43)40-27-33-44(34-28-40)50-47-17-9-7-15-45(47)46-16-8-10-18-48(46)50/h1-34H. The van der Waals surface area contributed by atoms with Crippen LogP contribution in [0.2, 0.25) is 0 Å². The minimum atomic E-state index is 1.11. The van der Waals surface area contributed by atoms with E-state index in [4.69, 9.17) is 0 Å². The summed E-state index contributed by atoms with van der Waals surface area (Å²) < 4.78 is 2.36. The van der Waals surface area contributed by atoms with E-state index in [2.05, 4.69) is 216 Å². The highest BCUT2D eigenvalue weighted by atomic mass is 15.1. The molecule has 0 saturated heterocycles. The van der Waals surface area contributed by atoms with E-state index in [-0.39, 0.29) is 0 Å². The van der Waals surface area contributed by atoms with Gasteiger partial charge in [-0.15, -0.1) is 0 Å². The van der Waals surface area contributed by atoms with E-state index < -0.39 is 0 Å². The van der Waals surface area contributed by atoms with Gasteiger partial charge in [-0.05, 0) is 94.0 Å². The van der Waals surface area contributed by atoms with E-state index >= 15 is 0 Å². The zero-order chi connectivity index (χ0) is 33.3. The maximum atomic E-state index is 2.36. The molecule has 0 N–H and O–H groups in total. The quantitative estimate of drug-likeness (QED) is 0.169. The van der Waals surface area contributed by atoms with E-state index in [0.717, 1.165) is 22.7 Å². The molecule has 0 aliphatic heterocycles. The summed E-state index contributed by atoms with van der Waals surface area (Å²) in [6, 6.07) is 73.9. The van der Waals surface area contributed by atoms with Crippen molar-refractivity contribution in [2.24, 2.45) is 0 Å². The van der Waals surface area contributed by atoms with Gasteiger partial charge in [0.2, 0.25) is 0 Å². The molecule has 0 spiro atoms. The van der Waals surface area contributed by atoms with Crippen molar-refractivity contribution in [3.05, 3.63) is 206 Å². The lowest BCUT2D eigenvalue weighted by atomic mass is 10.00. The number of benzene rings is 8. The zero-order valence-corrected chi connectivity index (χ0v) is 27.5. The largest absolute Gasteiger partial charge is 0.311 e. The van der Waals surface area contributed by atoms with Crippen LogP contribution in [0.4, 0.5) is 17.1 Å². The van der Waals surface area contributed by atoms with Crippen molar-refractivity contribution >= 4 is 38.9 Å². The van der Waals surface area contributed by atoms with Crippen LogP contribution in [-0.4, -0.2) is 4.57 Å². The van der Waals surface area contributed by atoms with Gasteiger partial charge in [-0.2, -0.15) is 0 Å². The van der Waals surface area contributed by atoms with Gasteiger partial charge >= 0.3 is 0 Å². The fourth-order valence-electron chi connectivity index (χ4n) is 7.12. The first-order chi connectivity index (χ1) is 24.8. The van der Waals surface area contributed by atoms with Crippen molar-refractivity contribution in [1.82, 2.24) is 4.57 Å². The molecule has 0 atom stereocenters. The third-order valence-corrected chi connectivity index (χ3v) is 9.63. The van der Waals surface area contributed by atoms with Crippen molar-refractivity contribution in [3.8, 4) is 39.1 Å². The van der Waals surface area contributed by atoms with Gasteiger partial charge < -0.3 is 9.47 Å². The van der Waals surface area contributed by atoms with E-state index in [1.165, 1.54) is 55.2 Å². The highest BCUT2D eigenvalue weighted by molar-refractivity contribution is 6.09. The predicted molar refractivity (Wildman–Crippen MR) is 212 cm³/mol. The molecule has 0 saturated carbocycles. The van der Waals surface area contributed by atoms with Gasteiger partial charge in [-0.1, -0.05) is 146 Å². The van der Waals surface area contributed by atoms with E-state index in [9.17, 15) is 0 Å². The Hall–Kier alpha value is -6.64. The molecule has 50 heavy (non-hydrogen) atoms. The van der Waals surface area contributed by atoms with Crippen LogP contribution in [0.1, 0.15) is 0 Å². The summed E-state index contributed by atoms with van der Waals surface area (Å²) in [4.78, 5) is 2.32. The van der Waals surface area contributed by atoms with Crippen LogP contribution < -0.4 is 4.90 Å². The second kappa shape index (κ2) is 12.8. The maximum Gasteiger partial charge on any atom is 0.0541 e. The molecule has 2 heteroatoms. The number of hydrogen-bond donors (Lipinski definition) is 0. The van der Waals surface area contributed by atoms with Gasteiger partial charge in [0.05, 0.1) is 11.0 Å². The molecular weight excluding hydrogens is 605 g/mol. The maximum absolute atomic E-state index is 2.36. The topological polar surface area (TPSA) is 8.17 Å². The minimum absolute atomic E-state index is 1.11. The monoisotopic (exact) mass is 638 g/mol. The van der Waals surface area contributed by atoms with Crippen LogP contribution >= 0.6 is 0 Å². The molecule has 9 rings (SSSR count). The lowest BCUT2D eigenvalue weighted by molar-refractivity contribution is 1.18. The highest BCUT2D eigenvalue weighted by Gasteiger charge is 2.14. The van der Waals surface area contributed by atoms with Gasteiger partial charge in [0.1, 0.15) is 0 Å². The molecule has 0 amide bonds. The third-order valence-electron chi connectivity index (χ3n) is 9.63. The van der Waals surface area contributed by atoms with Crippen LogP contribution in [0.5, 0.6) is 0 Å². The van der Waals surface area contributed by atoms with Gasteiger partial charge in [0.15, 0.2) is 0 Å². The number of fused-ring (bicyclic) bond motifs is 3. The molecule has 1 aromatic heterocycles. The predicted octanol–water partition coefficient (Wildman–Crippen LogP) is 13.3. The van der Waals surface area contributed by atoms with Crippen molar-refractivity contribution in [1.29, 1.82) is 0 Å². The van der Waals surface area contributed by atoms with E-state index in [1.807, 2.05) is 0 Å². The first-order valence-corrected chi connectivity index (χ1v) is 17.1. The van der Waals surface area contributed by atoms with Crippen LogP contribution in [-0.2, 0) is 0 Å². The van der Waals surface area contributed by atoms with E-state index in [1.54, 1.807) is 0 Å². The molecule has 0 aliphatic carbocycles. The van der Waals surface area contributed by atoms with Crippen LogP contribution in [0.25, 0.3) is 60.9 Å². The SMILES string of the molecule is c1ccc(-c2ccc(-c3ccc(N(c4ccccc4)c4ccc(-c5ccc(-n6c7ccccc7c7ccccc76)cc5)cc4)cc3)cc2)cc1. The number of nitrogens with zero attached hydrogens (tertiary/aromatic N) is 2. The summed E-state index contributed by atoms with van der Waals surface area (Å²) in [7, 11) is 0. The first kappa shape index (κ1) is 29.5. The molecule has 9 aromatic rings. The second-order valence-corrected chi connectivity index (χ2v) is 12.6. The van der Waals surface area contributed by atoms with Gasteiger partial charge in [-0.25, -0.2) is 0 Å². The molecule has 236 valence electrons. The normalized spacial score (nSPS) is 11.2. The summed E-state index contributed by atoms with van der Waals surface area (Å²) in [6.07, 6.45) is 0. The number of rotatable bonds is 7. The Balaban J connectivity index is 1.00. The number of aromatic nitrogens is 1. The lowest BCUT2D eigenvalue weighted by Crippen LogP contribution is -2.09. The highest BCUT2D eigenvalue weighted by Crippen LogP contribution is 2.37. The molecule has 0 unspecified atom stereocenters.